The fraction of sp³-hybridized carbons (Fsp3) is 0.471. The fourth-order valence-corrected chi connectivity index (χ4v) is 2.92. The van der Waals surface area contributed by atoms with Gasteiger partial charge in [-0.15, -0.1) is 0 Å². The Morgan fingerprint density at radius 1 is 1.38 bits per heavy atom. The summed E-state index contributed by atoms with van der Waals surface area (Å²) in [7, 11) is 0. The molecule has 0 aliphatic carbocycles. The number of likely N-dealkylation sites (N-methyl/N-ethyl adjacent to an activating group) is 1. The van der Waals surface area contributed by atoms with E-state index in [9.17, 15) is 4.79 Å². The minimum absolute atomic E-state index is 0.0863. The molecule has 0 radical (unpaired) electrons. The van der Waals surface area contributed by atoms with Crippen molar-refractivity contribution < 1.29 is 9.53 Å². The summed E-state index contributed by atoms with van der Waals surface area (Å²) in [5.41, 5.74) is 1.74. The highest BCUT2D eigenvalue weighted by atomic mass is 16.5. The molecule has 0 spiro atoms. The summed E-state index contributed by atoms with van der Waals surface area (Å²) in [6.07, 6.45) is 5.48. The van der Waals surface area contributed by atoms with E-state index in [-0.39, 0.29) is 12.0 Å². The van der Waals surface area contributed by atoms with Crippen LogP contribution in [0.1, 0.15) is 36.5 Å². The van der Waals surface area contributed by atoms with Crippen LogP contribution in [0.5, 0.6) is 0 Å². The van der Waals surface area contributed by atoms with Crippen molar-refractivity contribution >= 4 is 16.8 Å². The first-order valence-electron chi connectivity index (χ1n) is 7.76. The molecule has 3 rings (SSSR count). The van der Waals surface area contributed by atoms with Crippen LogP contribution in [-0.4, -0.2) is 41.6 Å². The molecule has 1 fully saturated rings. The maximum Gasteiger partial charge on any atom is 0.254 e. The molecule has 2 aromatic rings. The first kappa shape index (κ1) is 14.1. The Balaban J connectivity index is 1.74. The van der Waals surface area contributed by atoms with E-state index < -0.39 is 0 Å². The van der Waals surface area contributed by atoms with E-state index in [1.54, 1.807) is 0 Å². The van der Waals surface area contributed by atoms with Crippen LogP contribution in [-0.2, 0) is 4.74 Å². The summed E-state index contributed by atoms with van der Waals surface area (Å²) < 4.78 is 5.75. The Kier molecular flexibility index (Phi) is 4.25. The van der Waals surface area contributed by atoms with Gasteiger partial charge in [0.15, 0.2) is 0 Å². The Labute approximate surface area is 125 Å². The SMILES string of the molecule is CCN(CC1CCCCO1)C(=O)c1ccc2cc[nH]c2c1. The van der Waals surface area contributed by atoms with E-state index in [1.807, 2.05) is 42.3 Å². The Hall–Kier alpha value is -1.81. The standard InChI is InChI=1S/C17H22N2O2/c1-2-19(12-15-5-3-4-10-21-15)17(20)14-7-6-13-8-9-18-16(13)11-14/h6-9,11,15,18H,2-5,10,12H2,1H3. The average molecular weight is 286 g/mol. The molecule has 1 aromatic carbocycles. The lowest BCUT2D eigenvalue weighted by atomic mass is 10.1. The number of fused-ring (bicyclic) bond motifs is 1. The van der Waals surface area contributed by atoms with Gasteiger partial charge in [-0.25, -0.2) is 0 Å². The number of aromatic nitrogens is 1. The van der Waals surface area contributed by atoms with Crippen molar-refractivity contribution in [3.05, 3.63) is 36.0 Å². The lowest BCUT2D eigenvalue weighted by molar-refractivity contribution is -0.00311. The number of nitrogens with one attached hydrogen (secondary N) is 1. The smallest absolute Gasteiger partial charge is 0.254 e. The molecular formula is C17H22N2O2. The van der Waals surface area contributed by atoms with Crippen molar-refractivity contribution in [2.75, 3.05) is 19.7 Å². The van der Waals surface area contributed by atoms with Gasteiger partial charge in [0.25, 0.3) is 5.91 Å². The van der Waals surface area contributed by atoms with Gasteiger partial charge < -0.3 is 14.6 Å². The fourth-order valence-electron chi connectivity index (χ4n) is 2.92. The van der Waals surface area contributed by atoms with Gasteiger partial charge in [-0.2, -0.15) is 0 Å². The summed E-state index contributed by atoms with van der Waals surface area (Å²) in [4.78, 5) is 17.7. The molecular weight excluding hydrogens is 264 g/mol. The summed E-state index contributed by atoms with van der Waals surface area (Å²) >= 11 is 0. The van der Waals surface area contributed by atoms with Crippen LogP contribution >= 0.6 is 0 Å². The molecule has 1 aliphatic heterocycles. The summed E-state index contributed by atoms with van der Waals surface area (Å²) in [5, 5.41) is 1.13. The lowest BCUT2D eigenvalue weighted by Gasteiger charge is -2.29. The normalized spacial score (nSPS) is 18.8. The highest BCUT2D eigenvalue weighted by Gasteiger charge is 2.21. The van der Waals surface area contributed by atoms with E-state index in [0.717, 1.165) is 35.9 Å². The van der Waals surface area contributed by atoms with Crippen molar-refractivity contribution in [2.45, 2.75) is 32.3 Å². The monoisotopic (exact) mass is 286 g/mol. The maximum absolute atomic E-state index is 12.7. The highest BCUT2D eigenvalue weighted by Crippen LogP contribution is 2.18. The number of carbonyl (C=O) groups excluding carboxylic acids is 1. The largest absolute Gasteiger partial charge is 0.376 e. The minimum Gasteiger partial charge on any atom is -0.376 e. The molecule has 1 saturated heterocycles. The molecule has 4 heteroatoms. The molecule has 1 unspecified atom stereocenters. The van der Waals surface area contributed by atoms with Crippen LogP contribution < -0.4 is 0 Å². The quantitative estimate of drug-likeness (QED) is 0.938. The summed E-state index contributed by atoms with van der Waals surface area (Å²) in [6.45, 7) is 4.25. The van der Waals surface area contributed by atoms with Crippen molar-refractivity contribution in [3.8, 4) is 0 Å². The van der Waals surface area contributed by atoms with Crippen LogP contribution in [0.25, 0.3) is 10.9 Å². The Morgan fingerprint density at radius 2 is 2.29 bits per heavy atom. The van der Waals surface area contributed by atoms with Crippen LogP contribution in [0.4, 0.5) is 0 Å². The van der Waals surface area contributed by atoms with Crippen LogP contribution in [0, 0.1) is 0 Å². The molecule has 1 amide bonds. The maximum atomic E-state index is 12.7. The molecule has 0 bridgehead atoms. The molecule has 112 valence electrons. The third kappa shape index (κ3) is 3.10. The van der Waals surface area contributed by atoms with E-state index in [4.69, 9.17) is 4.74 Å². The number of nitrogens with zero attached hydrogens (tertiary/aromatic N) is 1. The van der Waals surface area contributed by atoms with Crippen LogP contribution in [0.15, 0.2) is 30.5 Å². The van der Waals surface area contributed by atoms with Crippen molar-refractivity contribution in [1.29, 1.82) is 0 Å². The molecule has 1 aromatic heterocycles. The number of aromatic amines is 1. The Bertz CT molecular complexity index is 614. The second-order valence-electron chi connectivity index (χ2n) is 5.61. The number of amides is 1. The number of carbonyl (C=O) groups is 1. The van der Waals surface area contributed by atoms with Gasteiger partial charge in [0.05, 0.1) is 6.10 Å². The lowest BCUT2D eigenvalue weighted by Crippen LogP contribution is -2.39. The predicted octanol–water partition coefficient (Wildman–Crippen LogP) is 3.20. The zero-order valence-electron chi connectivity index (χ0n) is 12.5. The van der Waals surface area contributed by atoms with Gasteiger partial charge >= 0.3 is 0 Å². The van der Waals surface area contributed by atoms with Gasteiger partial charge in [0, 0.05) is 37.0 Å². The predicted molar refractivity (Wildman–Crippen MR) is 83.5 cm³/mol. The van der Waals surface area contributed by atoms with Crippen LogP contribution in [0.3, 0.4) is 0 Å². The highest BCUT2D eigenvalue weighted by molar-refractivity contribution is 5.97. The van der Waals surface area contributed by atoms with E-state index in [0.29, 0.717) is 13.1 Å². The van der Waals surface area contributed by atoms with Crippen LogP contribution in [0.2, 0.25) is 0 Å². The number of H-pyrrole nitrogens is 1. The first-order chi connectivity index (χ1) is 10.3. The third-order valence-electron chi connectivity index (χ3n) is 4.17. The Morgan fingerprint density at radius 3 is 3.05 bits per heavy atom. The minimum atomic E-state index is 0.0863. The average Bonchev–Trinajstić information content (AvgIpc) is 3.00. The van der Waals surface area contributed by atoms with E-state index in [1.165, 1.54) is 6.42 Å². The number of ether oxygens (including phenoxy) is 1. The second-order valence-corrected chi connectivity index (χ2v) is 5.61. The van der Waals surface area contributed by atoms with E-state index in [2.05, 4.69) is 4.98 Å². The van der Waals surface area contributed by atoms with Gasteiger partial charge in [-0.3, -0.25) is 4.79 Å². The summed E-state index contributed by atoms with van der Waals surface area (Å²) in [5.74, 6) is 0.0863. The molecule has 2 heterocycles. The van der Waals surface area contributed by atoms with Gasteiger partial charge in [-0.1, -0.05) is 6.07 Å². The molecule has 1 aliphatic rings. The van der Waals surface area contributed by atoms with Crippen molar-refractivity contribution in [2.24, 2.45) is 0 Å². The molecule has 0 saturated carbocycles. The molecule has 4 nitrogen and oxygen atoms in total. The van der Waals surface area contributed by atoms with Gasteiger partial charge in [-0.05, 0) is 49.8 Å². The van der Waals surface area contributed by atoms with E-state index >= 15 is 0 Å². The number of hydrogen-bond donors (Lipinski definition) is 1. The van der Waals surface area contributed by atoms with Crippen molar-refractivity contribution in [1.82, 2.24) is 9.88 Å². The number of rotatable bonds is 4. The first-order valence-corrected chi connectivity index (χ1v) is 7.76. The third-order valence-corrected chi connectivity index (χ3v) is 4.17. The van der Waals surface area contributed by atoms with Crippen molar-refractivity contribution in [3.63, 3.8) is 0 Å². The molecule has 1 N–H and O–H groups in total. The second kappa shape index (κ2) is 6.31. The topological polar surface area (TPSA) is 45.3 Å². The number of benzene rings is 1. The molecule has 21 heavy (non-hydrogen) atoms. The zero-order valence-corrected chi connectivity index (χ0v) is 12.5. The number of hydrogen-bond acceptors (Lipinski definition) is 2. The molecule has 1 atom stereocenters. The van der Waals surface area contributed by atoms with Gasteiger partial charge in [0.2, 0.25) is 0 Å². The summed E-state index contributed by atoms with van der Waals surface area (Å²) in [6, 6.07) is 7.84. The van der Waals surface area contributed by atoms with Gasteiger partial charge in [0.1, 0.15) is 0 Å². The zero-order chi connectivity index (χ0) is 14.7.